The summed E-state index contributed by atoms with van der Waals surface area (Å²) in [5.41, 5.74) is 0.814. The summed E-state index contributed by atoms with van der Waals surface area (Å²) in [6.45, 7) is 0.992. The molecular weight excluding hydrogens is 170 g/mol. The SMILES string of the molecule is COCNCc1cc(O)cc(O)c1. The van der Waals surface area contributed by atoms with Crippen molar-refractivity contribution >= 4 is 0 Å². The maximum Gasteiger partial charge on any atom is 0.119 e. The second-order valence-corrected chi connectivity index (χ2v) is 2.72. The van der Waals surface area contributed by atoms with Crippen LogP contribution in [0, 0.1) is 0 Å². The molecule has 13 heavy (non-hydrogen) atoms. The number of aromatic hydroxyl groups is 2. The third-order valence-electron chi connectivity index (χ3n) is 1.54. The second kappa shape index (κ2) is 4.69. The second-order valence-electron chi connectivity index (χ2n) is 2.72. The van der Waals surface area contributed by atoms with Gasteiger partial charge in [-0.2, -0.15) is 0 Å². The highest BCUT2D eigenvalue weighted by Gasteiger charge is 1.97. The maximum atomic E-state index is 9.13. The lowest BCUT2D eigenvalue weighted by atomic mass is 10.2. The van der Waals surface area contributed by atoms with Gasteiger partial charge in [-0.3, -0.25) is 5.32 Å². The molecule has 0 saturated heterocycles. The molecule has 0 unspecified atom stereocenters. The molecule has 0 aromatic heterocycles. The van der Waals surface area contributed by atoms with E-state index < -0.39 is 0 Å². The molecule has 0 fully saturated rings. The van der Waals surface area contributed by atoms with Crippen molar-refractivity contribution in [2.45, 2.75) is 6.54 Å². The first-order valence-corrected chi connectivity index (χ1v) is 3.94. The molecule has 3 N–H and O–H groups in total. The molecule has 0 saturated carbocycles. The number of nitrogens with one attached hydrogen (secondary N) is 1. The highest BCUT2D eigenvalue weighted by atomic mass is 16.5. The molecule has 0 aliphatic heterocycles. The van der Waals surface area contributed by atoms with Crippen molar-refractivity contribution in [2.75, 3.05) is 13.8 Å². The van der Waals surface area contributed by atoms with Gasteiger partial charge in [0.25, 0.3) is 0 Å². The number of methoxy groups -OCH3 is 1. The van der Waals surface area contributed by atoms with E-state index in [0.717, 1.165) is 5.56 Å². The first kappa shape index (κ1) is 9.83. The normalized spacial score (nSPS) is 10.2. The van der Waals surface area contributed by atoms with Crippen molar-refractivity contribution in [3.8, 4) is 11.5 Å². The number of rotatable bonds is 4. The van der Waals surface area contributed by atoms with E-state index >= 15 is 0 Å². The summed E-state index contributed by atoms with van der Waals surface area (Å²) in [5.74, 6) is 0.128. The Morgan fingerprint density at radius 2 is 1.85 bits per heavy atom. The monoisotopic (exact) mass is 183 g/mol. The van der Waals surface area contributed by atoms with Crippen molar-refractivity contribution in [1.82, 2.24) is 5.32 Å². The number of hydrogen-bond acceptors (Lipinski definition) is 4. The standard InChI is InChI=1S/C9H13NO3/c1-13-6-10-5-7-2-8(11)4-9(12)3-7/h2-4,10-12H,5-6H2,1H3. The molecule has 72 valence electrons. The molecule has 0 atom stereocenters. The fourth-order valence-electron chi connectivity index (χ4n) is 1.06. The summed E-state index contributed by atoms with van der Waals surface area (Å²) < 4.78 is 4.79. The van der Waals surface area contributed by atoms with Gasteiger partial charge in [-0.15, -0.1) is 0 Å². The van der Waals surface area contributed by atoms with Crippen molar-refractivity contribution in [2.24, 2.45) is 0 Å². The van der Waals surface area contributed by atoms with Crippen molar-refractivity contribution in [3.05, 3.63) is 23.8 Å². The summed E-state index contributed by atoms with van der Waals surface area (Å²) in [4.78, 5) is 0. The molecule has 0 spiro atoms. The number of benzene rings is 1. The zero-order valence-electron chi connectivity index (χ0n) is 7.45. The Hall–Kier alpha value is -1.26. The van der Waals surface area contributed by atoms with Crippen LogP contribution in [-0.2, 0) is 11.3 Å². The van der Waals surface area contributed by atoms with E-state index in [2.05, 4.69) is 5.32 Å². The molecule has 0 amide bonds. The van der Waals surface area contributed by atoms with E-state index in [1.54, 1.807) is 19.2 Å². The third kappa shape index (κ3) is 3.31. The number of ether oxygens (including phenoxy) is 1. The first-order valence-electron chi connectivity index (χ1n) is 3.94. The quantitative estimate of drug-likeness (QED) is 0.477. The van der Waals surface area contributed by atoms with Gasteiger partial charge >= 0.3 is 0 Å². The van der Waals surface area contributed by atoms with Crippen molar-refractivity contribution in [3.63, 3.8) is 0 Å². The molecule has 0 bridgehead atoms. The van der Waals surface area contributed by atoms with E-state index in [1.807, 2.05) is 0 Å². The van der Waals surface area contributed by atoms with E-state index in [0.29, 0.717) is 13.3 Å². The van der Waals surface area contributed by atoms with E-state index in [1.165, 1.54) is 6.07 Å². The average Bonchev–Trinajstić information content (AvgIpc) is 2.03. The number of phenols is 2. The highest BCUT2D eigenvalue weighted by molar-refractivity contribution is 5.36. The zero-order valence-corrected chi connectivity index (χ0v) is 7.45. The van der Waals surface area contributed by atoms with Gasteiger partial charge in [0.1, 0.15) is 11.5 Å². The summed E-state index contributed by atoms with van der Waals surface area (Å²) in [7, 11) is 1.59. The van der Waals surface area contributed by atoms with Gasteiger partial charge in [0, 0.05) is 19.7 Å². The van der Waals surface area contributed by atoms with Gasteiger partial charge < -0.3 is 14.9 Å². The van der Waals surface area contributed by atoms with E-state index in [-0.39, 0.29) is 11.5 Å². The molecule has 1 aromatic carbocycles. The summed E-state index contributed by atoms with van der Waals surface area (Å²) >= 11 is 0. The molecule has 0 radical (unpaired) electrons. The van der Waals surface area contributed by atoms with Crippen LogP contribution in [0.5, 0.6) is 11.5 Å². The minimum Gasteiger partial charge on any atom is -0.508 e. The van der Waals surface area contributed by atoms with Crippen LogP contribution >= 0.6 is 0 Å². The molecule has 0 aliphatic rings. The molecule has 1 rings (SSSR count). The van der Waals surface area contributed by atoms with Crippen molar-refractivity contribution in [1.29, 1.82) is 0 Å². The van der Waals surface area contributed by atoms with Crippen LogP contribution in [0.1, 0.15) is 5.56 Å². The Morgan fingerprint density at radius 1 is 1.23 bits per heavy atom. The van der Waals surface area contributed by atoms with Crippen LogP contribution in [0.3, 0.4) is 0 Å². The first-order chi connectivity index (χ1) is 6.22. The Labute approximate surface area is 76.8 Å². The molecular formula is C9H13NO3. The van der Waals surface area contributed by atoms with Crippen molar-refractivity contribution < 1.29 is 14.9 Å². The Balaban J connectivity index is 2.56. The van der Waals surface area contributed by atoms with Gasteiger partial charge in [0.15, 0.2) is 0 Å². The lowest BCUT2D eigenvalue weighted by Gasteiger charge is -2.04. The molecule has 4 nitrogen and oxygen atoms in total. The minimum absolute atomic E-state index is 0.0641. The topological polar surface area (TPSA) is 61.7 Å². The van der Waals surface area contributed by atoms with Crippen LogP contribution in [0.4, 0.5) is 0 Å². The predicted molar refractivity (Wildman–Crippen MR) is 48.5 cm³/mol. The molecule has 0 heterocycles. The fourth-order valence-corrected chi connectivity index (χ4v) is 1.06. The van der Waals surface area contributed by atoms with Gasteiger partial charge in [0.2, 0.25) is 0 Å². The predicted octanol–water partition coefficient (Wildman–Crippen LogP) is 0.791. The summed E-state index contributed by atoms with van der Waals surface area (Å²) in [6, 6.07) is 4.46. The van der Waals surface area contributed by atoms with Gasteiger partial charge in [-0.1, -0.05) is 0 Å². The summed E-state index contributed by atoms with van der Waals surface area (Å²) in [5, 5.41) is 21.2. The zero-order chi connectivity index (χ0) is 9.68. The molecule has 1 aromatic rings. The maximum absolute atomic E-state index is 9.13. The Bertz CT molecular complexity index is 255. The van der Waals surface area contributed by atoms with E-state index in [9.17, 15) is 0 Å². The van der Waals surface area contributed by atoms with Gasteiger partial charge in [-0.25, -0.2) is 0 Å². The lowest BCUT2D eigenvalue weighted by molar-refractivity contribution is 0.174. The van der Waals surface area contributed by atoms with Gasteiger partial charge in [0.05, 0.1) is 6.73 Å². The number of hydrogen-bond donors (Lipinski definition) is 3. The van der Waals surface area contributed by atoms with Crippen LogP contribution in [0.25, 0.3) is 0 Å². The fraction of sp³-hybridized carbons (Fsp3) is 0.333. The van der Waals surface area contributed by atoms with Crippen LogP contribution in [-0.4, -0.2) is 24.1 Å². The average molecular weight is 183 g/mol. The van der Waals surface area contributed by atoms with Crippen LogP contribution in [0.2, 0.25) is 0 Å². The van der Waals surface area contributed by atoms with Gasteiger partial charge in [-0.05, 0) is 17.7 Å². The lowest BCUT2D eigenvalue weighted by Crippen LogP contribution is -2.15. The smallest absolute Gasteiger partial charge is 0.119 e. The minimum atomic E-state index is 0.0641. The van der Waals surface area contributed by atoms with Crippen LogP contribution < -0.4 is 5.32 Å². The van der Waals surface area contributed by atoms with Crippen LogP contribution in [0.15, 0.2) is 18.2 Å². The summed E-state index contributed by atoms with van der Waals surface area (Å²) in [6.07, 6.45) is 0. The third-order valence-corrected chi connectivity index (χ3v) is 1.54. The molecule has 4 heteroatoms. The van der Waals surface area contributed by atoms with E-state index in [4.69, 9.17) is 14.9 Å². The Kier molecular flexibility index (Phi) is 3.54. The molecule has 0 aliphatic carbocycles. The highest BCUT2D eigenvalue weighted by Crippen LogP contribution is 2.19. The Morgan fingerprint density at radius 3 is 2.38 bits per heavy atom. The largest absolute Gasteiger partial charge is 0.508 e. The number of phenolic OH excluding ortho intramolecular Hbond substituents is 2.